The fourth-order valence-electron chi connectivity index (χ4n) is 3.25. The van der Waals surface area contributed by atoms with Gasteiger partial charge in [-0.25, -0.2) is 13.8 Å². The van der Waals surface area contributed by atoms with E-state index in [1.807, 2.05) is 55.5 Å². The molecule has 0 atom stereocenters. The molecule has 0 unspecified atom stereocenters. The Morgan fingerprint density at radius 2 is 1.54 bits per heavy atom. The summed E-state index contributed by atoms with van der Waals surface area (Å²) in [5, 5.41) is 4.67. The number of nitrogens with one attached hydrogen (secondary N) is 2. The number of amides is 1. The van der Waals surface area contributed by atoms with Crippen molar-refractivity contribution in [2.45, 2.75) is 18.4 Å². The number of carbonyl (C=O) groups is 1. The Kier molecular flexibility index (Phi) is 8.22. The lowest BCUT2D eigenvalue weighted by atomic mass is 10.2. The van der Waals surface area contributed by atoms with Crippen molar-refractivity contribution in [3.8, 4) is 5.75 Å². The quantitative estimate of drug-likeness (QED) is 0.210. The van der Waals surface area contributed by atoms with Crippen LogP contribution in [0.2, 0.25) is 5.02 Å². The van der Waals surface area contributed by atoms with Crippen LogP contribution in [0, 0.1) is 6.92 Å². The minimum absolute atomic E-state index is 0.162. The van der Waals surface area contributed by atoms with E-state index in [9.17, 15) is 13.2 Å². The second-order valence-corrected chi connectivity index (χ2v) is 10.3. The van der Waals surface area contributed by atoms with Crippen LogP contribution in [0.25, 0.3) is 0 Å². The smallest absolute Gasteiger partial charge is 0.271 e. The molecule has 0 aromatic heterocycles. The van der Waals surface area contributed by atoms with Gasteiger partial charge in [-0.15, -0.1) is 0 Å². The molecule has 0 fully saturated rings. The largest absolute Gasteiger partial charge is 0.489 e. The van der Waals surface area contributed by atoms with Crippen LogP contribution >= 0.6 is 11.6 Å². The lowest BCUT2D eigenvalue weighted by Crippen LogP contribution is -2.18. The lowest BCUT2D eigenvalue weighted by molar-refractivity contribution is 0.0955. The molecule has 0 aliphatic rings. The van der Waals surface area contributed by atoms with Crippen molar-refractivity contribution < 1.29 is 17.9 Å². The predicted molar refractivity (Wildman–Crippen MR) is 146 cm³/mol. The Bertz CT molecular complexity index is 1490. The van der Waals surface area contributed by atoms with Crippen LogP contribution in [-0.2, 0) is 16.6 Å². The third-order valence-electron chi connectivity index (χ3n) is 5.31. The maximum Gasteiger partial charge on any atom is 0.271 e. The molecule has 9 heteroatoms. The molecule has 4 aromatic carbocycles. The van der Waals surface area contributed by atoms with Gasteiger partial charge in [-0.2, -0.15) is 5.10 Å². The van der Waals surface area contributed by atoms with Gasteiger partial charge in [0.15, 0.2) is 0 Å². The highest BCUT2D eigenvalue weighted by atomic mass is 35.5. The van der Waals surface area contributed by atoms with Gasteiger partial charge in [0, 0.05) is 16.3 Å². The van der Waals surface area contributed by atoms with Crippen molar-refractivity contribution in [3.63, 3.8) is 0 Å². The number of hydrogen-bond donors (Lipinski definition) is 2. The first kappa shape index (κ1) is 25.9. The van der Waals surface area contributed by atoms with Crippen LogP contribution in [0.15, 0.2) is 107 Å². The van der Waals surface area contributed by atoms with E-state index in [-0.39, 0.29) is 4.90 Å². The molecule has 0 saturated carbocycles. The molecule has 0 aliphatic heterocycles. The van der Waals surface area contributed by atoms with E-state index in [1.54, 1.807) is 24.3 Å². The van der Waals surface area contributed by atoms with Gasteiger partial charge in [0.2, 0.25) is 0 Å². The fourth-order valence-corrected chi connectivity index (χ4v) is 4.43. The minimum Gasteiger partial charge on any atom is -0.489 e. The summed E-state index contributed by atoms with van der Waals surface area (Å²) in [6, 6.07) is 27.3. The van der Waals surface area contributed by atoms with Gasteiger partial charge in [-0.3, -0.25) is 9.52 Å². The number of halogens is 1. The molecule has 188 valence electrons. The number of nitrogens with zero attached hydrogens (tertiary/aromatic N) is 1. The van der Waals surface area contributed by atoms with Crippen LogP contribution in [-0.4, -0.2) is 20.5 Å². The van der Waals surface area contributed by atoms with Crippen LogP contribution in [0.4, 0.5) is 5.69 Å². The van der Waals surface area contributed by atoms with Gasteiger partial charge in [0.1, 0.15) is 12.4 Å². The first-order valence-electron chi connectivity index (χ1n) is 11.3. The number of anilines is 1. The van der Waals surface area contributed by atoms with E-state index in [4.69, 9.17) is 16.3 Å². The molecular formula is C28H24ClN3O4S. The number of sulfonamides is 1. The number of aryl methyl sites for hydroxylation is 1. The van der Waals surface area contributed by atoms with Crippen LogP contribution in [0.1, 0.15) is 27.0 Å². The summed E-state index contributed by atoms with van der Waals surface area (Å²) in [6.45, 7) is 2.31. The molecule has 0 saturated heterocycles. The summed E-state index contributed by atoms with van der Waals surface area (Å²) in [4.78, 5) is 12.6. The number of benzene rings is 4. The SMILES string of the molecule is Cc1ccc(S(=O)(=O)Nc2ccc(C(=O)N/N=C/c3ccc(OCc4ccc(Cl)cc4)cc3)cc2)cc1. The monoisotopic (exact) mass is 533 g/mol. The Morgan fingerprint density at radius 3 is 2.19 bits per heavy atom. The van der Waals surface area contributed by atoms with Gasteiger partial charge in [-0.1, -0.05) is 41.4 Å². The third-order valence-corrected chi connectivity index (χ3v) is 6.96. The lowest BCUT2D eigenvalue weighted by Gasteiger charge is -2.09. The Hall–Kier alpha value is -4.14. The molecular weight excluding hydrogens is 510 g/mol. The summed E-state index contributed by atoms with van der Waals surface area (Å²) in [6.07, 6.45) is 1.52. The zero-order valence-electron chi connectivity index (χ0n) is 19.9. The van der Waals surface area contributed by atoms with E-state index in [2.05, 4.69) is 15.2 Å². The third kappa shape index (κ3) is 7.42. The first-order chi connectivity index (χ1) is 17.8. The van der Waals surface area contributed by atoms with E-state index < -0.39 is 15.9 Å². The minimum atomic E-state index is -3.72. The molecule has 0 aliphatic carbocycles. The maximum atomic E-state index is 12.5. The van der Waals surface area contributed by atoms with Crippen molar-refractivity contribution in [1.29, 1.82) is 0 Å². The molecule has 2 N–H and O–H groups in total. The average Bonchev–Trinajstić information content (AvgIpc) is 2.89. The fraction of sp³-hybridized carbons (Fsp3) is 0.0714. The van der Waals surface area contributed by atoms with Gasteiger partial charge in [0.05, 0.1) is 11.1 Å². The van der Waals surface area contributed by atoms with E-state index in [0.29, 0.717) is 28.6 Å². The van der Waals surface area contributed by atoms with E-state index in [1.165, 1.54) is 30.5 Å². The maximum absolute atomic E-state index is 12.5. The highest BCUT2D eigenvalue weighted by Gasteiger charge is 2.14. The molecule has 37 heavy (non-hydrogen) atoms. The Morgan fingerprint density at radius 1 is 0.892 bits per heavy atom. The average molecular weight is 534 g/mol. The summed E-state index contributed by atoms with van der Waals surface area (Å²) in [5.74, 6) is 0.279. The van der Waals surface area contributed by atoms with E-state index >= 15 is 0 Å². The standard InChI is InChI=1S/C28H24ClN3O4S/c1-20-2-16-27(17-3-20)37(34,35)32-25-12-8-23(9-13-25)28(33)31-30-18-21-6-14-26(15-7-21)36-19-22-4-10-24(29)11-5-22/h2-18,32H,19H2,1H3,(H,31,33)/b30-18+. The highest BCUT2D eigenvalue weighted by Crippen LogP contribution is 2.18. The molecule has 0 radical (unpaired) electrons. The van der Waals surface area contributed by atoms with Crippen molar-refractivity contribution in [2.75, 3.05) is 4.72 Å². The second kappa shape index (κ2) is 11.7. The number of hydrazone groups is 1. The van der Waals surface area contributed by atoms with Crippen molar-refractivity contribution in [1.82, 2.24) is 5.43 Å². The summed E-state index contributed by atoms with van der Waals surface area (Å²) in [5.41, 5.74) is 5.90. The zero-order chi connectivity index (χ0) is 26.3. The first-order valence-corrected chi connectivity index (χ1v) is 13.1. The summed E-state index contributed by atoms with van der Waals surface area (Å²) in [7, 11) is -3.72. The molecule has 0 bridgehead atoms. The van der Waals surface area contributed by atoms with E-state index in [0.717, 1.165) is 16.7 Å². The molecule has 0 heterocycles. The zero-order valence-corrected chi connectivity index (χ0v) is 21.5. The van der Waals surface area contributed by atoms with Crippen LogP contribution in [0.3, 0.4) is 0 Å². The molecule has 1 amide bonds. The number of hydrogen-bond acceptors (Lipinski definition) is 5. The second-order valence-electron chi connectivity index (χ2n) is 8.18. The molecule has 4 rings (SSSR count). The number of rotatable bonds is 9. The number of ether oxygens (including phenoxy) is 1. The van der Waals surface area contributed by atoms with Crippen molar-refractivity contribution in [3.05, 3.63) is 124 Å². The van der Waals surface area contributed by atoms with Gasteiger partial charge in [0.25, 0.3) is 15.9 Å². The van der Waals surface area contributed by atoms with Gasteiger partial charge < -0.3 is 4.74 Å². The predicted octanol–water partition coefficient (Wildman–Crippen LogP) is 5.79. The molecule has 0 spiro atoms. The van der Waals surface area contributed by atoms with Crippen LogP contribution < -0.4 is 14.9 Å². The topological polar surface area (TPSA) is 96.9 Å². The van der Waals surface area contributed by atoms with Gasteiger partial charge >= 0.3 is 0 Å². The molecule has 4 aromatic rings. The summed E-state index contributed by atoms with van der Waals surface area (Å²) < 4.78 is 33.3. The van der Waals surface area contributed by atoms with Crippen LogP contribution in [0.5, 0.6) is 5.75 Å². The van der Waals surface area contributed by atoms with Gasteiger partial charge in [-0.05, 0) is 90.8 Å². The molecule has 7 nitrogen and oxygen atoms in total. The van der Waals surface area contributed by atoms with Crippen molar-refractivity contribution >= 4 is 39.4 Å². The Balaban J connectivity index is 1.28. The normalized spacial score (nSPS) is 11.3. The number of carbonyl (C=O) groups excluding carboxylic acids is 1. The summed E-state index contributed by atoms with van der Waals surface area (Å²) >= 11 is 5.89. The van der Waals surface area contributed by atoms with Crippen molar-refractivity contribution in [2.24, 2.45) is 5.10 Å². The Labute approximate surface area is 220 Å². The highest BCUT2D eigenvalue weighted by molar-refractivity contribution is 7.92.